The molecule has 1 fully saturated rings. The zero-order valence-corrected chi connectivity index (χ0v) is 19.1. The van der Waals surface area contributed by atoms with Crippen molar-refractivity contribution < 1.29 is 33.0 Å². The van der Waals surface area contributed by atoms with Crippen LogP contribution in [0.4, 0.5) is 19.4 Å². The van der Waals surface area contributed by atoms with Crippen LogP contribution in [0.5, 0.6) is 11.5 Å². The van der Waals surface area contributed by atoms with Crippen LogP contribution in [0.15, 0.2) is 12.3 Å². The lowest BCUT2D eigenvalue weighted by atomic mass is 10.1. The Morgan fingerprint density at radius 2 is 1.86 bits per heavy atom. The van der Waals surface area contributed by atoms with E-state index in [9.17, 15) is 23.5 Å². The lowest BCUT2D eigenvalue weighted by Gasteiger charge is -2.14. The number of Topliss-reactive ketones (excluding diaryl/α,β-unsaturated/α-hetero) is 1. The highest BCUT2D eigenvalue weighted by atomic mass is 19.1. The molecule has 1 saturated heterocycles. The van der Waals surface area contributed by atoms with Gasteiger partial charge in [0.2, 0.25) is 0 Å². The van der Waals surface area contributed by atoms with E-state index in [0.29, 0.717) is 11.9 Å². The van der Waals surface area contributed by atoms with Gasteiger partial charge in [-0.1, -0.05) is 5.92 Å². The number of amides is 1. The molecule has 1 unspecified atom stereocenters. The van der Waals surface area contributed by atoms with E-state index in [4.69, 9.17) is 15.2 Å². The van der Waals surface area contributed by atoms with Crippen LogP contribution in [0.2, 0.25) is 0 Å². The molecule has 1 aromatic carbocycles. The lowest BCUT2D eigenvalue weighted by molar-refractivity contribution is 0.101. The number of hydrogen-bond acceptors (Lipinski definition) is 7. The molecule has 35 heavy (non-hydrogen) atoms. The number of nitrogens with two attached hydrogens (primary N) is 1. The van der Waals surface area contributed by atoms with Gasteiger partial charge < -0.3 is 25.2 Å². The predicted octanol–water partition coefficient (Wildman–Crippen LogP) is 2.84. The van der Waals surface area contributed by atoms with E-state index < -0.39 is 29.3 Å². The molecule has 0 saturated carbocycles. The minimum Gasteiger partial charge on any atom is -0.493 e. The average Bonchev–Trinajstić information content (AvgIpc) is 3.45. The third-order valence-corrected chi connectivity index (χ3v) is 5.79. The van der Waals surface area contributed by atoms with Crippen molar-refractivity contribution in [2.45, 2.75) is 19.4 Å². The Hall–Kier alpha value is -4.40. The first-order chi connectivity index (χ1) is 16.7. The third kappa shape index (κ3) is 4.05. The first-order valence-electron chi connectivity index (χ1n) is 10.4. The van der Waals surface area contributed by atoms with Crippen molar-refractivity contribution in [2.75, 3.05) is 33.0 Å². The van der Waals surface area contributed by atoms with Crippen LogP contribution in [-0.4, -0.2) is 64.0 Å². The minimum absolute atomic E-state index is 0.0119. The predicted molar refractivity (Wildman–Crippen MR) is 121 cm³/mol. The molecule has 10 nitrogen and oxygen atoms in total. The summed E-state index contributed by atoms with van der Waals surface area (Å²) in [5.41, 5.74) is 6.07. The molecule has 0 spiro atoms. The van der Waals surface area contributed by atoms with Crippen LogP contribution in [0, 0.1) is 23.5 Å². The smallest absolute Gasteiger partial charge is 0.407 e. The highest BCUT2D eigenvalue weighted by Crippen LogP contribution is 2.33. The number of halogens is 2. The Bertz CT molecular complexity index is 1400. The number of aromatic nitrogens is 3. The maximum Gasteiger partial charge on any atom is 0.407 e. The number of ketones is 1. The summed E-state index contributed by atoms with van der Waals surface area (Å²) in [5.74, 6) is 2.21. The monoisotopic (exact) mass is 485 g/mol. The summed E-state index contributed by atoms with van der Waals surface area (Å²) in [7, 11) is 2.44. The Morgan fingerprint density at radius 3 is 2.40 bits per heavy atom. The second-order valence-corrected chi connectivity index (χ2v) is 7.84. The van der Waals surface area contributed by atoms with Gasteiger partial charge in [-0.05, 0) is 19.3 Å². The molecule has 1 aliphatic heterocycles. The number of nitrogens with zero attached hydrogens (tertiary/aromatic N) is 4. The molecule has 1 aliphatic rings. The summed E-state index contributed by atoms with van der Waals surface area (Å²) >= 11 is 0. The Kier molecular flexibility index (Phi) is 6.17. The quantitative estimate of drug-likeness (QED) is 0.426. The fourth-order valence-corrected chi connectivity index (χ4v) is 4.04. The molecule has 0 aliphatic carbocycles. The minimum atomic E-state index is -1.07. The van der Waals surface area contributed by atoms with Gasteiger partial charge in [-0.25, -0.2) is 18.6 Å². The van der Waals surface area contributed by atoms with E-state index in [1.807, 2.05) is 0 Å². The number of likely N-dealkylation sites (tertiary alicyclic amines) is 1. The van der Waals surface area contributed by atoms with Gasteiger partial charge in [0.05, 0.1) is 36.7 Å². The van der Waals surface area contributed by atoms with Crippen molar-refractivity contribution in [3.8, 4) is 23.3 Å². The SMILES string of the molecule is COc1cc(OC)c(F)c(C#Cc2nn(C3CCN(C(=O)O)C3)c3c(C(C)=O)cnc(N)c23)c1F. The van der Waals surface area contributed by atoms with Gasteiger partial charge in [0, 0.05) is 25.4 Å². The number of pyridine rings is 1. The number of carboxylic acid groups (broad SMARTS) is 1. The standard InChI is InChI=1S/C23H21F2N5O5/c1-11(31)14-9-27-22(26)18-15(28-30(21(14)18)12-6-7-29(10-12)23(32)33)5-4-13-19(24)16(34-2)8-17(35-3)20(13)25/h8-9,12H,6-7,10H2,1-3H3,(H2,26,27)(H,32,33). The second kappa shape index (κ2) is 9.09. The highest BCUT2D eigenvalue weighted by molar-refractivity contribution is 6.09. The van der Waals surface area contributed by atoms with Crippen molar-refractivity contribution in [2.24, 2.45) is 0 Å². The first kappa shape index (κ1) is 23.7. The fraction of sp³-hybridized carbons (Fsp3) is 0.304. The molecule has 2 aromatic heterocycles. The van der Waals surface area contributed by atoms with Gasteiger partial charge in [-0.2, -0.15) is 5.10 Å². The van der Waals surface area contributed by atoms with Crippen LogP contribution < -0.4 is 15.2 Å². The molecule has 1 atom stereocenters. The Balaban J connectivity index is 1.94. The van der Waals surface area contributed by atoms with E-state index in [1.165, 1.54) is 36.9 Å². The summed E-state index contributed by atoms with van der Waals surface area (Å²) in [5, 5.41) is 14.0. The van der Waals surface area contributed by atoms with Gasteiger partial charge in [0.1, 0.15) is 17.1 Å². The number of fused-ring (bicyclic) bond motifs is 1. The maximum absolute atomic E-state index is 14.8. The zero-order chi connectivity index (χ0) is 25.4. The number of nitrogen functional groups attached to an aromatic ring is 1. The third-order valence-electron chi connectivity index (χ3n) is 5.79. The van der Waals surface area contributed by atoms with Crippen LogP contribution >= 0.6 is 0 Å². The van der Waals surface area contributed by atoms with Gasteiger partial charge in [0.15, 0.2) is 28.9 Å². The first-order valence-corrected chi connectivity index (χ1v) is 10.4. The average molecular weight is 485 g/mol. The van der Waals surface area contributed by atoms with Crippen molar-refractivity contribution in [1.29, 1.82) is 0 Å². The molecule has 1 amide bonds. The fourth-order valence-electron chi connectivity index (χ4n) is 4.04. The summed E-state index contributed by atoms with van der Waals surface area (Å²) in [4.78, 5) is 29.0. The molecular formula is C23H21F2N5O5. The van der Waals surface area contributed by atoms with Gasteiger partial charge in [-0.15, -0.1) is 0 Å². The molecule has 0 radical (unpaired) electrons. The lowest BCUT2D eigenvalue weighted by Crippen LogP contribution is -2.27. The topological polar surface area (TPSA) is 133 Å². The molecule has 4 rings (SSSR count). The van der Waals surface area contributed by atoms with E-state index in [-0.39, 0.29) is 52.8 Å². The van der Waals surface area contributed by atoms with Gasteiger partial charge in [0.25, 0.3) is 0 Å². The maximum atomic E-state index is 14.8. The van der Waals surface area contributed by atoms with Crippen molar-refractivity contribution in [3.63, 3.8) is 0 Å². The Labute approximate surface area is 198 Å². The number of hydrogen-bond donors (Lipinski definition) is 2. The summed E-state index contributed by atoms with van der Waals surface area (Å²) in [6, 6.07) is 0.657. The number of rotatable bonds is 4. The molecule has 3 N–H and O–H groups in total. The number of methoxy groups -OCH3 is 2. The van der Waals surface area contributed by atoms with Gasteiger partial charge in [-0.3, -0.25) is 9.48 Å². The number of carbonyl (C=O) groups is 2. The van der Waals surface area contributed by atoms with Crippen molar-refractivity contribution in [3.05, 3.63) is 40.7 Å². The van der Waals surface area contributed by atoms with E-state index in [0.717, 1.165) is 6.07 Å². The summed E-state index contributed by atoms with van der Waals surface area (Å²) in [6.45, 7) is 1.76. The van der Waals surface area contributed by atoms with E-state index in [1.54, 1.807) is 0 Å². The normalized spacial score (nSPS) is 15.1. The zero-order valence-electron chi connectivity index (χ0n) is 19.1. The number of benzene rings is 1. The molecule has 3 aromatic rings. The highest BCUT2D eigenvalue weighted by Gasteiger charge is 2.31. The Morgan fingerprint density at radius 1 is 1.20 bits per heavy atom. The number of ether oxygens (including phenoxy) is 2. The van der Waals surface area contributed by atoms with Crippen LogP contribution in [0.1, 0.15) is 41.0 Å². The molecular weight excluding hydrogens is 464 g/mol. The van der Waals surface area contributed by atoms with Gasteiger partial charge >= 0.3 is 6.09 Å². The second-order valence-electron chi connectivity index (χ2n) is 7.84. The number of anilines is 1. The largest absolute Gasteiger partial charge is 0.493 e. The molecule has 12 heteroatoms. The summed E-state index contributed by atoms with van der Waals surface area (Å²) < 4.78 is 41.0. The molecule has 0 bridgehead atoms. The van der Waals surface area contributed by atoms with E-state index >= 15 is 0 Å². The van der Waals surface area contributed by atoms with Crippen LogP contribution in [-0.2, 0) is 0 Å². The van der Waals surface area contributed by atoms with E-state index in [2.05, 4.69) is 21.9 Å². The van der Waals surface area contributed by atoms with Crippen LogP contribution in [0.3, 0.4) is 0 Å². The summed E-state index contributed by atoms with van der Waals surface area (Å²) in [6.07, 6.45) is 0.673. The van der Waals surface area contributed by atoms with Crippen molar-refractivity contribution >= 4 is 28.6 Å². The molecule has 3 heterocycles. The molecule has 182 valence electrons. The van der Waals surface area contributed by atoms with Crippen LogP contribution in [0.25, 0.3) is 10.9 Å². The van der Waals surface area contributed by atoms with Crippen molar-refractivity contribution in [1.82, 2.24) is 19.7 Å². The number of carbonyl (C=O) groups excluding carboxylic acids is 1.